The molecule has 0 spiro atoms. The molecule has 6 nitrogen and oxygen atoms in total. The van der Waals surface area contributed by atoms with Gasteiger partial charge in [-0.1, -0.05) is 24.3 Å². The normalized spacial score (nSPS) is 21.0. The maximum absolute atomic E-state index is 13.7. The van der Waals surface area contributed by atoms with Crippen molar-refractivity contribution in [1.29, 1.82) is 0 Å². The molecule has 0 saturated carbocycles. The topological polar surface area (TPSA) is 64.5 Å². The van der Waals surface area contributed by atoms with Gasteiger partial charge < -0.3 is 19.6 Å². The summed E-state index contributed by atoms with van der Waals surface area (Å²) >= 11 is 0. The van der Waals surface area contributed by atoms with Crippen molar-refractivity contribution in [2.45, 2.75) is 18.4 Å². The molecule has 4 heterocycles. The van der Waals surface area contributed by atoms with Crippen molar-refractivity contribution in [1.82, 2.24) is 9.88 Å². The van der Waals surface area contributed by atoms with Crippen molar-refractivity contribution >= 4 is 28.1 Å². The van der Waals surface area contributed by atoms with Crippen LogP contribution in [-0.4, -0.2) is 53.9 Å². The molecule has 2 aromatic heterocycles. The number of ketones is 1. The standard InChI is InChI=1S/C27H28N4O2/c32-26(25-9-4-18-33-25)27(12-10-20-5-1-2-6-22(20)29-27)19-30-14-16-31(17-15-30)24-8-3-7-23-21(24)11-13-28-23/h1-9,11,13,18,28-29H,10,12,14-17,19H2. The molecule has 0 bridgehead atoms. The van der Waals surface area contributed by atoms with Crippen LogP contribution in [0.1, 0.15) is 22.5 Å². The lowest BCUT2D eigenvalue weighted by Crippen LogP contribution is -2.59. The number of Topliss-reactive ketones (excluding diaryl/α,β-unsaturated/α-hetero) is 1. The highest BCUT2D eigenvalue weighted by Gasteiger charge is 2.44. The van der Waals surface area contributed by atoms with Crippen LogP contribution in [-0.2, 0) is 6.42 Å². The third-order valence-electron chi connectivity index (χ3n) is 7.17. The van der Waals surface area contributed by atoms with Gasteiger partial charge in [0.1, 0.15) is 5.54 Å². The molecule has 1 unspecified atom stereocenters. The minimum Gasteiger partial charge on any atom is -0.461 e. The van der Waals surface area contributed by atoms with Gasteiger partial charge >= 0.3 is 0 Å². The Kier molecular flexibility index (Phi) is 4.95. The molecular weight excluding hydrogens is 412 g/mol. The van der Waals surface area contributed by atoms with Crippen LogP contribution >= 0.6 is 0 Å². The van der Waals surface area contributed by atoms with Gasteiger partial charge in [-0.25, -0.2) is 0 Å². The van der Waals surface area contributed by atoms with E-state index in [0.717, 1.165) is 44.7 Å². The quantitative estimate of drug-likeness (QED) is 0.446. The van der Waals surface area contributed by atoms with E-state index in [1.54, 1.807) is 18.4 Å². The summed E-state index contributed by atoms with van der Waals surface area (Å²) in [5.74, 6) is 0.473. The average molecular weight is 441 g/mol. The largest absolute Gasteiger partial charge is 0.461 e. The van der Waals surface area contributed by atoms with Crippen molar-refractivity contribution in [2.75, 3.05) is 42.9 Å². The Morgan fingerprint density at radius 2 is 1.85 bits per heavy atom. The van der Waals surface area contributed by atoms with E-state index in [9.17, 15) is 4.79 Å². The van der Waals surface area contributed by atoms with Gasteiger partial charge in [0.25, 0.3) is 0 Å². The maximum Gasteiger partial charge on any atom is 0.224 e. The maximum atomic E-state index is 13.7. The molecule has 2 aliphatic rings. The zero-order valence-electron chi connectivity index (χ0n) is 18.6. The molecule has 2 N–H and O–H groups in total. The van der Waals surface area contributed by atoms with E-state index >= 15 is 0 Å². The number of benzene rings is 2. The fourth-order valence-electron chi connectivity index (χ4n) is 5.41. The van der Waals surface area contributed by atoms with Crippen LogP contribution in [0.4, 0.5) is 11.4 Å². The molecule has 6 heteroatoms. The van der Waals surface area contributed by atoms with Crippen LogP contribution in [0.2, 0.25) is 0 Å². The fraction of sp³-hybridized carbons (Fsp3) is 0.296. The average Bonchev–Trinajstić information content (AvgIpc) is 3.56. The van der Waals surface area contributed by atoms with Crippen LogP contribution in [0.5, 0.6) is 0 Å². The Labute approximate surface area is 193 Å². The number of furan rings is 1. The summed E-state index contributed by atoms with van der Waals surface area (Å²) in [6.45, 7) is 4.37. The van der Waals surface area contributed by atoms with E-state index in [1.165, 1.54) is 22.2 Å². The Morgan fingerprint density at radius 3 is 2.70 bits per heavy atom. The smallest absolute Gasteiger partial charge is 0.224 e. The third-order valence-corrected chi connectivity index (χ3v) is 7.17. The van der Waals surface area contributed by atoms with Gasteiger partial charge in [-0.05, 0) is 54.8 Å². The van der Waals surface area contributed by atoms with Crippen molar-refractivity contribution in [3.05, 3.63) is 84.4 Å². The van der Waals surface area contributed by atoms with Crippen LogP contribution in [0, 0.1) is 0 Å². The van der Waals surface area contributed by atoms with Crippen molar-refractivity contribution < 1.29 is 9.21 Å². The summed E-state index contributed by atoms with van der Waals surface area (Å²) in [6.07, 6.45) is 5.22. The molecule has 1 saturated heterocycles. The van der Waals surface area contributed by atoms with Crippen LogP contribution < -0.4 is 10.2 Å². The van der Waals surface area contributed by atoms with E-state index in [-0.39, 0.29) is 5.78 Å². The number of fused-ring (bicyclic) bond motifs is 2. The van der Waals surface area contributed by atoms with Gasteiger partial charge in [-0.2, -0.15) is 0 Å². The second-order valence-electron chi connectivity index (χ2n) is 9.15. The first kappa shape index (κ1) is 20.1. The predicted molar refractivity (Wildman–Crippen MR) is 131 cm³/mol. The summed E-state index contributed by atoms with van der Waals surface area (Å²) in [7, 11) is 0. The van der Waals surface area contributed by atoms with Crippen LogP contribution in [0.25, 0.3) is 10.9 Å². The number of H-pyrrole nitrogens is 1. The Bertz CT molecular complexity index is 1270. The Balaban J connectivity index is 1.23. The number of nitrogens with one attached hydrogen (secondary N) is 2. The summed E-state index contributed by atoms with van der Waals surface area (Å²) in [6, 6.07) is 20.5. The Morgan fingerprint density at radius 1 is 0.970 bits per heavy atom. The number of hydrogen-bond donors (Lipinski definition) is 2. The van der Waals surface area contributed by atoms with E-state index in [1.807, 2.05) is 12.3 Å². The van der Waals surface area contributed by atoms with Gasteiger partial charge in [0, 0.05) is 61.2 Å². The molecule has 1 fully saturated rings. The lowest BCUT2D eigenvalue weighted by molar-refractivity contribution is 0.0812. The van der Waals surface area contributed by atoms with Crippen LogP contribution in [0.15, 0.2) is 77.5 Å². The summed E-state index contributed by atoms with van der Waals surface area (Å²) in [5, 5.41) is 4.91. The molecule has 168 valence electrons. The molecule has 2 aliphatic heterocycles. The molecule has 0 radical (unpaired) electrons. The number of hydrogen-bond acceptors (Lipinski definition) is 5. The monoisotopic (exact) mass is 440 g/mol. The van der Waals surface area contributed by atoms with E-state index in [0.29, 0.717) is 12.3 Å². The highest BCUT2D eigenvalue weighted by molar-refractivity contribution is 6.03. The number of aryl methyl sites for hydroxylation is 1. The van der Waals surface area contributed by atoms with Gasteiger partial charge in [-0.15, -0.1) is 0 Å². The van der Waals surface area contributed by atoms with Crippen molar-refractivity contribution in [2.24, 2.45) is 0 Å². The van der Waals surface area contributed by atoms with Crippen molar-refractivity contribution in [3.63, 3.8) is 0 Å². The van der Waals surface area contributed by atoms with E-state index in [2.05, 4.69) is 62.6 Å². The Hall–Kier alpha value is -3.51. The first-order chi connectivity index (χ1) is 16.2. The van der Waals surface area contributed by atoms with Crippen molar-refractivity contribution in [3.8, 4) is 0 Å². The molecule has 0 amide bonds. The van der Waals surface area contributed by atoms with Gasteiger partial charge in [0.2, 0.25) is 5.78 Å². The molecule has 0 aliphatic carbocycles. The highest BCUT2D eigenvalue weighted by Crippen LogP contribution is 2.35. The summed E-state index contributed by atoms with van der Waals surface area (Å²) in [4.78, 5) is 21.9. The molecular formula is C27H28N4O2. The number of nitrogens with zero attached hydrogens (tertiary/aromatic N) is 2. The molecule has 1 atom stereocenters. The highest BCUT2D eigenvalue weighted by atomic mass is 16.3. The number of para-hydroxylation sites is 1. The molecule has 33 heavy (non-hydrogen) atoms. The number of aromatic nitrogens is 1. The fourth-order valence-corrected chi connectivity index (χ4v) is 5.41. The van der Waals surface area contributed by atoms with Crippen LogP contribution in [0.3, 0.4) is 0 Å². The first-order valence-electron chi connectivity index (χ1n) is 11.7. The second kappa shape index (κ2) is 8.12. The molecule has 6 rings (SSSR count). The lowest BCUT2D eigenvalue weighted by atomic mass is 9.81. The lowest BCUT2D eigenvalue weighted by Gasteiger charge is -2.44. The predicted octanol–water partition coefficient (Wildman–Crippen LogP) is 4.56. The minimum absolute atomic E-state index is 0.0431. The summed E-state index contributed by atoms with van der Waals surface area (Å²) in [5.41, 5.74) is 4.09. The number of carbonyl (C=O) groups excluding carboxylic acids is 1. The van der Waals surface area contributed by atoms with Gasteiger partial charge in [0.15, 0.2) is 5.76 Å². The zero-order chi connectivity index (χ0) is 22.3. The van der Waals surface area contributed by atoms with E-state index < -0.39 is 5.54 Å². The first-order valence-corrected chi connectivity index (χ1v) is 11.7. The summed E-state index contributed by atoms with van der Waals surface area (Å²) < 4.78 is 5.54. The van der Waals surface area contributed by atoms with Gasteiger partial charge in [0.05, 0.1) is 6.26 Å². The number of rotatable bonds is 5. The number of carbonyl (C=O) groups is 1. The molecule has 2 aromatic carbocycles. The minimum atomic E-state index is -0.685. The number of anilines is 2. The number of aromatic amines is 1. The van der Waals surface area contributed by atoms with Gasteiger partial charge in [-0.3, -0.25) is 9.69 Å². The second-order valence-corrected chi connectivity index (χ2v) is 9.15. The number of piperazine rings is 1. The SMILES string of the molecule is O=C(c1ccco1)C1(CN2CCN(c3cccc4[nH]ccc34)CC2)CCc2ccccc2N1. The zero-order valence-corrected chi connectivity index (χ0v) is 18.6. The van der Waals surface area contributed by atoms with E-state index in [4.69, 9.17) is 4.42 Å². The molecule has 4 aromatic rings. The third kappa shape index (κ3) is 3.60.